The summed E-state index contributed by atoms with van der Waals surface area (Å²) in [5.41, 5.74) is 0.931. The first-order valence-electron chi connectivity index (χ1n) is 6.01. The molecule has 1 aromatic carbocycles. The fourth-order valence-electron chi connectivity index (χ4n) is 1.55. The molecule has 1 rings (SSSR count). The zero-order chi connectivity index (χ0) is 15.8. The number of nitrogens with zero attached hydrogens (tertiary/aromatic N) is 1. The van der Waals surface area contributed by atoms with Gasteiger partial charge in [0, 0.05) is 18.3 Å². The molecule has 110 valence electrons. The van der Waals surface area contributed by atoms with E-state index < -0.39 is 18.5 Å². The molecule has 0 unspecified atom stereocenters. The van der Waals surface area contributed by atoms with Crippen LogP contribution in [0.2, 0.25) is 0 Å². The topological polar surface area (TPSA) is 98.7 Å². The van der Waals surface area contributed by atoms with Gasteiger partial charge in [-0.25, -0.2) is 4.79 Å². The molecule has 0 fully saturated rings. The van der Waals surface area contributed by atoms with E-state index in [1.54, 1.807) is 24.3 Å². The van der Waals surface area contributed by atoms with Gasteiger partial charge in [0.1, 0.15) is 6.54 Å². The van der Waals surface area contributed by atoms with Crippen LogP contribution in [0.1, 0.15) is 6.92 Å². The molecule has 0 aliphatic rings. The van der Waals surface area contributed by atoms with Gasteiger partial charge in [-0.05, 0) is 18.2 Å². The van der Waals surface area contributed by atoms with E-state index in [9.17, 15) is 14.4 Å². The van der Waals surface area contributed by atoms with Crippen molar-refractivity contribution in [3.05, 3.63) is 24.3 Å². The van der Waals surface area contributed by atoms with Crippen LogP contribution in [0.15, 0.2) is 24.3 Å². The Bertz CT molecular complexity index is 592. The lowest BCUT2D eigenvalue weighted by Gasteiger charge is -2.18. The summed E-state index contributed by atoms with van der Waals surface area (Å²) in [6.07, 6.45) is 5.10. The Labute approximate surface area is 121 Å². The molecule has 0 heterocycles. The highest BCUT2D eigenvalue weighted by molar-refractivity contribution is 5.93. The molecule has 7 nitrogen and oxygen atoms in total. The molecule has 0 aromatic heterocycles. The van der Waals surface area contributed by atoms with E-state index in [0.717, 1.165) is 4.90 Å². The maximum atomic E-state index is 11.9. The Morgan fingerprint density at radius 3 is 2.43 bits per heavy atom. The lowest BCUT2D eigenvalue weighted by atomic mass is 10.2. The van der Waals surface area contributed by atoms with Gasteiger partial charge in [0.25, 0.3) is 0 Å². The van der Waals surface area contributed by atoms with Crippen LogP contribution in [0.4, 0.5) is 16.2 Å². The van der Waals surface area contributed by atoms with Crippen LogP contribution in [0, 0.1) is 12.3 Å². The molecule has 0 bridgehead atoms. The number of carbonyl (C=O) groups is 3. The van der Waals surface area contributed by atoms with Gasteiger partial charge >= 0.3 is 12.0 Å². The Morgan fingerprint density at radius 1 is 1.29 bits per heavy atom. The number of hydrogen-bond acceptors (Lipinski definition) is 3. The molecule has 1 aromatic rings. The molecule has 0 saturated heterocycles. The molecule has 0 aliphatic carbocycles. The van der Waals surface area contributed by atoms with E-state index in [4.69, 9.17) is 11.5 Å². The molecule has 0 spiro atoms. The van der Waals surface area contributed by atoms with Gasteiger partial charge in [-0.1, -0.05) is 12.0 Å². The lowest BCUT2D eigenvalue weighted by Crippen LogP contribution is -2.39. The number of urea groups is 1. The van der Waals surface area contributed by atoms with Crippen molar-refractivity contribution in [2.24, 2.45) is 0 Å². The third kappa shape index (κ3) is 5.65. The van der Waals surface area contributed by atoms with Crippen LogP contribution in [-0.4, -0.2) is 41.0 Å². The Balaban J connectivity index is 2.78. The Hall–Kier alpha value is -3.01. The van der Waals surface area contributed by atoms with E-state index in [1.165, 1.54) is 6.92 Å². The summed E-state index contributed by atoms with van der Waals surface area (Å²) in [4.78, 5) is 34.6. The maximum absolute atomic E-state index is 11.9. The van der Waals surface area contributed by atoms with E-state index in [1.807, 2.05) is 0 Å². The van der Waals surface area contributed by atoms with Crippen molar-refractivity contribution in [2.75, 3.05) is 23.7 Å². The SMILES string of the molecule is C#CCN(CC(=O)O)C(=O)Nc1cccc(NC(C)=O)c1. The summed E-state index contributed by atoms with van der Waals surface area (Å²) >= 11 is 0. The van der Waals surface area contributed by atoms with Crippen molar-refractivity contribution in [1.82, 2.24) is 4.90 Å². The Kier molecular flexibility index (Phi) is 5.77. The number of terminal acetylenes is 1. The van der Waals surface area contributed by atoms with Crippen molar-refractivity contribution < 1.29 is 19.5 Å². The highest BCUT2D eigenvalue weighted by Crippen LogP contribution is 2.15. The minimum Gasteiger partial charge on any atom is -0.480 e. The van der Waals surface area contributed by atoms with Gasteiger partial charge < -0.3 is 20.6 Å². The second-order valence-electron chi connectivity index (χ2n) is 4.15. The summed E-state index contributed by atoms with van der Waals surface area (Å²) in [7, 11) is 0. The van der Waals surface area contributed by atoms with Crippen molar-refractivity contribution in [3.63, 3.8) is 0 Å². The molecular formula is C14H15N3O4. The number of carboxylic acid groups (broad SMARTS) is 1. The largest absolute Gasteiger partial charge is 0.480 e. The summed E-state index contributed by atoms with van der Waals surface area (Å²) in [6.45, 7) is 0.748. The maximum Gasteiger partial charge on any atom is 0.323 e. The van der Waals surface area contributed by atoms with Gasteiger partial charge in [0.2, 0.25) is 5.91 Å². The molecule has 0 atom stereocenters. The third-order valence-corrected chi connectivity index (χ3v) is 2.33. The summed E-state index contributed by atoms with van der Waals surface area (Å²) in [5, 5.41) is 13.8. The van der Waals surface area contributed by atoms with E-state index >= 15 is 0 Å². The zero-order valence-corrected chi connectivity index (χ0v) is 11.4. The molecule has 0 radical (unpaired) electrons. The van der Waals surface area contributed by atoms with Gasteiger partial charge in [-0.3, -0.25) is 9.59 Å². The van der Waals surface area contributed by atoms with E-state index in [0.29, 0.717) is 11.4 Å². The van der Waals surface area contributed by atoms with Crippen LogP contribution >= 0.6 is 0 Å². The number of aliphatic carboxylic acids is 1. The van der Waals surface area contributed by atoms with Crippen molar-refractivity contribution in [3.8, 4) is 12.3 Å². The molecule has 0 saturated carbocycles. The smallest absolute Gasteiger partial charge is 0.323 e. The zero-order valence-electron chi connectivity index (χ0n) is 11.4. The van der Waals surface area contributed by atoms with Crippen molar-refractivity contribution in [2.45, 2.75) is 6.92 Å². The highest BCUT2D eigenvalue weighted by Gasteiger charge is 2.15. The summed E-state index contributed by atoms with van der Waals surface area (Å²) in [6, 6.07) is 5.83. The van der Waals surface area contributed by atoms with Gasteiger partial charge in [0.15, 0.2) is 0 Å². The molecule has 3 amide bonds. The van der Waals surface area contributed by atoms with Crippen LogP contribution in [0.3, 0.4) is 0 Å². The summed E-state index contributed by atoms with van der Waals surface area (Å²) in [5.74, 6) is 0.825. The van der Waals surface area contributed by atoms with E-state index in [2.05, 4.69) is 16.6 Å². The number of anilines is 2. The molecule has 3 N–H and O–H groups in total. The molecular weight excluding hydrogens is 274 g/mol. The normalized spacial score (nSPS) is 9.33. The first-order valence-corrected chi connectivity index (χ1v) is 6.01. The number of carboxylic acids is 1. The minimum absolute atomic E-state index is 0.122. The quantitative estimate of drug-likeness (QED) is 0.709. The Morgan fingerprint density at radius 2 is 1.90 bits per heavy atom. The van der Waals surface area contributed by atoms with Gasteiger partial charge in [-0.15, -0.1) is 6.42 Å². The van der Waals surface area contributed by atoms with Crippen molar-refractivity contribution in [1.29, 1.82) is 0 Å². The fourth-order valence-corrected chi connectivity index (χ4v) is 1.55. The van der Waals surface area contributed by atoms with Gasteiger partial charge in [-0.2, -0.15) is 0 Å². The fraction of sp³-hybridized carbons (Fsp3) is 0.214. The molecule has 7 heteroatoms. The predicted octanol–water partition coefficient (Wildman–Crippen LogP) is 1.20. The number of nitrogens with one attached hydrogen (secondary N) is 2. The number of carbonyl (C=O) groups excluding carboxylic acids is 2. The second-order valence-corrected chi connectivity index (χ2v) is 4.15. The number of amides is 3. The van der Waals surface area contributed by atoms with Crippen molar-refractivity contribution >= 4 is 29.3 Å². The summed E-state index contributed by atoms with van der Waals surface area (Å²) < 4.78 is 0. The standard InChI is InChI=1S/C14H15N3O4/c1-3-7-17(9-13(19)20)14(21)16-12-6-4-5-11(8-12)15-10(2)18/h1,4-6,8H,7,9H2,2H3,(H,15,18)(H,16,21)(H,19,20). The predicted molar refractivity (Wildman–Crippen MR) is 77.8 cm³/mol. The number of benzene rings is 1. The lowest BCUT2D eigenvalue weighted by molar-refractivity contribution is -0.137. The minimum atomic E-state index is -1.16. The average Bonchev–Trinajstić information content (AvgIpc) is 2.37. The van der Waals surface area contributed by atoms with Crippen LogP contribution in [0.5, 0.6) is 0 Å². The molecule has 0 aliphatic heterocycles. The first-order chi connectivity index (χ1) is 9.92. The van der Waals surface area contributed by atoms with Crippen LogP contribution < -0.4 is 10.6 Å². The average molecular weight is 289 g/mol. The van der Waals surface area contributed by atoms with Crippen LogP contribution in [-0.2, 0) is 9.59 Å². The molecule has 21 heavy (non-hydrogen) atoms. The highest BCUT2D eigenvalue weighted by atomic mass is 16.4. The number of hydrogen-bond donors (Lipinski definition) is 3. The van der Waals surface area contributed by atoms with Gasteiger partial charge in [0.05, 0.1) is 6.54 Å². The third-order valence-electron chi connectivity index (χ3n) is 2.33. The monoisotopic (exact) mass is 289 g/mol. The second kappa shape index (κ2) is 7.55. The van der Waals surface area contributed by atoms with Crippen LogP contribution in [0.25, 0.3) is 0 Å². The van der Waals surface area contributed by atoms with E-state index in [-0.39, 0.29) is 12.5 Å². The number of rotatable bonds is 5. The first kappa shape index (κ1) is 16.0.